The van der Waals surface area contributed by atoms with Crippen LogP contribution in [-0.4, -0.2) is 60.8 Å². The van der Waals surface area contributed by atoms with Gasteiger partial charge < -0.3 is 28.8 Å². The molecule has 1 fully saturated rings. The lowest BCUT2D eigenvalue weighted by Gasteiger charge is -2.42. The molecular weight excluding hydrogens is 480 g/mol. The van der Waals surface area contributed by atoms with E-state index in [0.717, 1.165) is 12.7 Å². The van der Waals surface area contributed by atoms with Gasteiger partial charge in [-0.15, -0.1) is 0 Å². The van der Waals surface area contributed by atoms with Crippen LogP contribution in [0.3, 0.4) is 0 Å². The summed E-state index contributed by atoms with van der Waals surface area (Å²) in [6, 6.07) is 25.3. The smallest absolute Gasteiger partial charge is 0.338 e. The molecular formula is C28H26O9. The third-order valence-corrected chi connectivity index (χ3v) is 5.72. The summed E-state index contributed by atoms with van der Waals surface area (Å²) in [6.07, 6.45) is -7.59. The average molecular weight is 507 g/mol. The fourth-order valence-electron chi connectivity index (χ4n) is 3.81. The summed E-state index contributed by atoms with van der Waals surface area (Å²) >= 11 is 0. The molecule has 37 heavy (non-hydrogen) atoms. The Morgan fingerprint density at radius 1 is 0.757 bits per heavy atom. The summed E-state index contributed by atoms with van der Waals surface area (Å²) in [5, 5.41) is 11.0. The van der Waals surface area contributed by atoms with Crippen LogP contribution in [0.2, 0.25) is 0 Å². The highest BCUT2D eigenvalue weighted by molar-refractivity contribution is 5.90. The number of aliphatic hydroxyl groups is 1. The molecule has 192 valence electrons. The Morgan fingerprint density at radius 2 is 1.24 bits per heavy atom. The molecule has 3 aromatic rings. The molecule has 0 radical (unpaired) electrons. The first-order valence-corrected chi connectivity index (χ1v) is 11.6. The summed E-state index contributed by atoms with van der Waals surface area (Å²) in [5.74, 6) is -2.46. The van der Waals surface area contributed by atoms with Crippen molar-refractivity contribution in [3.8, 4) is 0 Å². The lowest BCUT2D eigenvalue weighted by atomic mass is 9.98. The number of carbonyl (C=O) groups is 3. The van der Waals surface area contributed by atoms with Gasteiger partial charge in [-0.3, -0.25) is 0 Å². The molecule has 0 aromatic heterocycles. The van der Waals surface area contributed by atoms with Crippen molar-refractivity contribution in [3.05, 3.63) is 108 Å². The first-order valence-electron chi connectivity index (χ1n) is 11.6. The molecule has 4 rings (SSSR count). The van der Waals surface area contributed by atoms with Crippen molar-refractivity contribution < 1.29 is 43.2 Å². The van der Waals surface area contributed by atoms with E-state index < -0.39 is 48.6 Å². The van der Waals surface area contributed by atoms with Gasteiger partial charge in [0, 0.05) is 0 Å². The topological polar surface area (TPSA) is 118 Å². The van der Waals surface area contributed by atoms with Crippen LogP contribution >= 0.6 is 0 Å². The van der Waals surface area contributed by atoms with E-state index in [-0.39, 0.29) is 17.7 Å². The van der Waals surface area contributed by atoms with E-state index in [9.17, 15) is 19.5 Å². The highest BCUT2D eigenvalue weighted by atomic mass is 16.7. The standard InChI is InChI=1S/C28H26O9/c1-33-27(32)23-21(29)22(35-25(30)19-13-7-3-8-14-19)24(36-26(31)20-15-9-4-10-16-20)28(37-23)34-17-18-11-5-2-6-12-18/h2-16,21-24,28-29H,17H2,1H3/t21-,22-,23?,24?,28-/m0/s1. The van der Waals surface area contributed by atoms with Gasteiger partial charge >= 0.3 is 17.9 Å². The number of aliphatic hydroxyl groups excluding tert-OH is 1. The second kappa shape index (κ2) is 12.3. The second-order valence-electron chi connectivity index (χ2n) is 8.21. The molecule has 1 aliphatic heterocycles. The third kappa shape index (κ3) is 6.39. The van der Waals surface area contributed by atoms with E-state index in [1.807, 2.05) is 30.3 Å². The largest absolute Gasteiger partial charge is 0.467 e. The molecule has 1 aliphatic rings. The monoisotopic (exact) mass is 506 g/mol. The Bertz CT molecular complexity index is 1180. The average Bonchev–Trinajstić information content (AvgIpc) is 2.95. The highest BCUT2D eigenvalue weighted by Gasteiger charge is 2.53. The maximum absolute atomic E-state index is 13.0. The summed E-state index contributed by atoms with van der Waals surface area (Å²) in [4.78, 5) is 38.3. The van der Waals surface area contributed by atoms with Gasteiger partial charge in [-0.2, -0.15) is 0 Å². The van der Waals surface area contributed by atoms with Gasteiger partial charge in [-0.25, -0.2) is 14.4 Å². The molecule has 1 saturated heterocycles. The normalized spacial score (nSPS) is 23.0. The zero-order valence-corrected chi connectivity index (χ0v) is 20.0. The third-order valence-electron chi connectivity index (χ3n) is 5.72. The van der Waals surface area contributed by atoms with Gasteiger partial charge in [-0.05, 0) is 29.8 Å². The minimum absolute atomic E-state index is 0.0221. The molecule has 5 atom stereocenters. The lowest BCUT2D eigenvalue weighted by molar-refractivity contribution is -0.296. The predicted octanol–water partition coefficient (Wildman–Crippen LogP) is 2.91. The Balaban J connectivity index is 1.66. The molecule has 9 nitrogen and oxygen atoms in total. The summed E-state index contributed by atoms with van der Waals surface area (Å²) in [5.41, 5.74) is 1.20. The van der Waals surface area contributed by atoms with Gasteiger partial charge in [-0.1, -0.05) is 66.7 Å². The first kappa shape index (κ1) is 26.0. The van der Waals surface area contributed by atoms with Crippen LogP contribution in [0, 0.1) is 0 Å². The van der Waals surface area contributed by atoms with Crippen molar-refractivity contribution in [2.75, 3.05) is 7.11 Å². The Labute approximate surface area is 213 Å². The van der Waals surface area contributed by atoms with Crippen LogP contribution in [0.5, 0.6) is 0 Å². The number of hydrogen-bond acceptors (Lipinski definition) is 9. The number of esters is 3. The predicted molar refractivity (Wildman–Crippen MR) is 129 cm³/mol. The van der Waals surface area contributed by atoms with Crippen molar-refractivity contribution in [2.24, 2.45) is 0 Å². The zero-order chi connectivity index (χ0) is 26.2. The van der Waals surface area contributed by atoms with E-state index in [2.05, 4.69) is 0 Å². The SMILES string of the molecule is COC(=O)C1O[C@H](OCc2ccccc2)C(OC(=O)c2ccccc2)[C@@H](OC(=O)c2ccccc2)[C@@H]1O. The van der Waals surface area contributed by atoms with Gasteiger partial charge in [0.05, 0.1) is 24.8 Å². The van der Waals surface area contributed by atoms with Crippen LogP contribution < -0.4 is 0 Å². The number of carbonyl (C=O) groups excluding carboxylic acids is 3. The Kier molecular flexibility index (Phi) is 8.63. The van der Waals surface area contributed by atoms with E-state index in [1.54, 1.807) is 48.5 Å². The van der Waals surface area contributed by atoms with E-state index in [4.69, 9.17) is 23.7 Å². The first-order chi connectivity index (χ1) is 18.0. The maximum atomic E-state index is 13.0. The molecule has 0 aliphatic carbocycles. The van der Waals surface area contributed by atoms with E-state index in [0.29, 0.717) is 0 Å². The van der Waals surface area contributed by atoms with Gasteiger partial charge in [0.25, 0.3) is 0 Å². The molecule has 0 bridgehead atoms. The van der Waals surface area contributed by atoms with Crippen LogP contribution in [0.1, 0.15) is 26.3 Å². The minimum Gasteiger partial charge on any atom is -0.467 e. The van der Waals surface area contributed by atoms with Crippen LogP contribution in [0.4, 0.5) is 0 Å². The summed E-state index contributed by atoms with van der Waals surface area (Å²) in [7, 11) is 1.13. The van der Waals surface area contributed by atoms with Crippen LogP contribution in [0.25, 0.3) is 0 Å². The van der Waals surface area contributed by atoms with Gasteiger partial charge in [0.15, 0.2) is 24.6 Å². The van der Waals surface area contributed by atoms with Crippen LogP contribution in [0.15, 0.2) is 91.0 Å². The van der Waals surface area contributed by atoms with Crippen molar-refractivity contribution in [2.45, 2.75) is 37.3 Å². The molecule has 1 heterocycles. The van der Waals surface area contributed by atoms with E-state index >= 15 is 0 Å². The Morgan fingerprint density at radius 3 is 1.76 bits per heavy atom. The fourth-order valence-corrected chi connectivity index (χ4v) is 3.81. The second-order valence-corrected chi connectivity index (χ2v) is 8.21. The van der Waals surface area contributed by atoms with Gasteiger partial charge in [0.1, 0.15) is 6.10 Å². The molecule has 3 aromatic carbocycles. The van der Waals surface area contributed by atoms with Gasteiger partial charge in [0.2, 0.25) is 0 Å². The molecule has 9 heteroatoms. The van der Waals surface area contributed by atoms with Crippen molar-refractivity contribution in [1.82, 2.24) is 0 Å². The fraction of sp³-hybridized carbons (Fsp3) is 0.250. The quantitative estimate of drug-likeness (QED) is 0.363. The number of methoxy groups -OCH3 is 1. The summed E-state index contributed by atoms with van der Waals surface area (Å²) < 4.78 is 27.7. The maximum Gasteiger partial charge on any atom is 0.338 e. The van der Waals surface area contributed by atoms with E-state index in [1.165, 1.54) is 12.1 Å². The number of hydrogen-bond donors (Lipinski definition) is 1. The number of ether oxygens (including phenoxy) is 5. The molecule has 0 amide bonds. The van der Waals surface area contributed by atoms with Crippen molar-refractivity contribution in [3.63, 3.8) is 0 Å². The molecule has 0 spiro atoms. The van der Waals surface area contributed by atoms with Crippen molar-refractivity contribution >= 4 is 17.9 Å². The molecule has 2 unspecified atom stereocenters. The van der Waals surface area contributed by atoms with Crippen molar-refractivity contribution in [1.29, 1.82) is 0 Å². The zero-order valence-electron chi connectivity index (χ0n) is 20.0. The highest BCUT2D eigenvalue weighted by Crippen LogP contribution is 2.30. The summed E-state index contributed by atoms with van der Waals surface area (Å²) in [6.45, 7) is 0.0221. The minimum atomic E-state index is -1.72. The molecule has 0 saturated carbocycles. The number of benzene rings is 3. The Hall–Kier alpha value is -4.05. The number of rotatable bonds is 8. The molecule has 1 N–H and O–H groups in total. The van der Waals surface area contributed by atoms with Crippen LogP contribution in [-0.2, 0) is 35.1 Å². The lowest BCUT2D eigenvalue weighted by Crippen LogP contribution is -2.62.